The normalized spacial score (nSPS) is 12.0. The van der Waals surface area contributed by atoms with Crippen molar-refractivity contribution in [1.29, 1.82) is 0 Å². The molecule has 1 atom stereocenters. The highest BCUT2D eigenvalue weighted by Crippen LogP contribution is 2.22. The van der Waals surface area contributed by atoms with Gasteiger partial charge in [0.25, 0.3) is 5.91 Å². The number of rotatable bonds is 3. The molecule has 0 spiro atoms. The SMILES string of the molecule is CC(NC(=O)c1cc(Br)cc(Br)c1)c1cccc(Br)c1. The summed E-state index contributed by atoms with van der Waals surface area (Å²) in [6.07, 6.45) is 0. The fourth-order valence-corrected chi connectivity index (χ4v) is 3.53. The third kappa shape index (κ3) is 4.17. The Bertz CT molecular complexity index is 623. The number of carbonyl (C=O) groups is 1. The number of amides is 1. The number of hydrogen-bond donors (Lipinski definition) is 1. The molecule has 0 saturated heterocycles. The van der Waals surface area contributed by atoms with Crippen LogP contribution in [0.4, 0.5) is 0 Å². The van der Waals surface area contributed by atoms with Gasteiger partial charge in [0.15, 0.2) is 0 Å². The minimum absolute atomic E-state index is 0.0576. The Morgan fingerprint density at radius 2 is 1.65 bits per heavy atom. The summed E-state index contributed by atoms with van der Waals surface area (Å²) >= 11 is 10.2. The van der Waals surface area contributed by atoms with Crippen molar-refractivity contribution in [3.05, 3.63) is 67.0 Å². The van der Waals surface area contributed by atoms with Gasteiger partial charge in [0.2, 0.25) is 0 Å². The number of nitrogens with one attached hydrogen (secondary N) is 1. The molecule has 1 amide bonds. The fraction of sp³-hybridized carbons (Fsp3) is 0.133. The topological polar surface area (TPSA) is 29.1 Å². The highest BCUT2D eigenvalue weighted by atomic mass is 79.9. The molecule has 2 nitrogen and oxygen atoms in total. The van der Waals surface area contributed by atoms with Gasteiger partial charge in [-0.1, -0.05) is 59.9 Å². The van der Waals surface area contributed by atoms with Crippen LogP contribution < -0.4 is 5.32 Å². The predicted octanol–water partition coefficient (Wildman–Crippen LogP) is 5.47. The Morgan fingerprint density at radius 1 is 1.00 bits per heavy atom. The first-order valence-corrected chi connectivity index (χ1v) is 8.36. The predicted molar refractivity (Wildman–Crippen MR) is 91.9 cm³/mol. The maximum absolute atomic E-state index is 12.3. The van der Waals surface area contributed by atoms with E-state index in [1.165, 1.54) is 0 Å². The van der Waals surface area contributed by atoms with Crippen LogP contribution in [0.2, 0.25) is 0 Å². The molecular formula is C15H12Br3NO. The highest BCUT2D eigenvalue weighted by Gasteiger charge is 2.12. The quantitative estimate of drug-likeness (QED) is 0.645. The molecule has 0 aliphatic carbocycles. The molecule has 0 fully saturated rings. The van der Waals surface area contributed by atoms with Gasteiger partial charge < -0.3 is 5.32 Å². The second-order valence-electron chi connectivity index (χ2n) is 4.41. The van der Waals surface area contributed by atoms with Crippen LogP contribution in [0.15, 0.2) is 55.9 Å². The zero-order valence-corrected chi connectivity index (χ0v) is 15.4. The molecule has 5 heteroatoms. The maximum Gasteiger partial charge on any atom is 0.251 e. The summed E-state index contributed by atoms with van der Waals surface area (Å²) in [6, 6.07) is 13.4. The van der Waals surface area contributed by atoms with Gasteiger partial charge in [-0.2, -0.15) is 0 Å². The Morgan fingerprint density at radius 3 is 2.25 bits per heavy atom. The lowest BCUT2D eigenvalue weighted by Gasteiger charge is -2.15. The Hall–Kier alpha value is -0.650. The van der Waals surface area contributed by atoms with E-state index >= 15 is 0 Å². The van der Waals surface area contributed by atoms with Crippen LogP contribution in [0.1, 0.15) is 28.9 Å². The molecular weight excluding hydrogens is 450 g/mol. The van der Waals surface area contributed by atoms with Gasteiger partial charge in [0, 0.05) is 19.0 Å². The molecule has 0 saturated carbocycles. The zero-order chi connectivity index (χ0) is 14.7. The van der Waals surface area contributed by atoms with Gasteiger partial charge >= 0.3 is 0 Å². The summed E-state index contributed by atoms with van der Waals surface area (Å²) in [7, 11) is 0. The molecule has 1 unspecified atom stereocenters. The van der Waals surface area contributed by atoms with E-state index in [1.54, 1.807) is 12.1 Å². The molecule has 2 aromatic rings. The maximum atomic E-state index is 12.3. The van der Waals surface area contributed by atoms with Crippen LogP contribution in [0, 0.1) is 0 Å². The first kappa shape index (κ1) is 15.7. The lowest BCUT2D eigenvalue weighted by molar-refractivity contribution is 0.0939. The second kappa shape index (κ2) is 6.87. The molecule has 104 valence electrons. The van der Waals surface area contributed by atoms with Crippen molar-refractivity contribution < 1.29 is 4.79 Å². The first-order valence-electron chi connectivity index (χ1n) is 5.98. The third-order valence-electron chi connectivity index (χ3n) is 2.82. The fourth-order valence-electron chi connectivity index (χ4n) is 1.82. The Labute approximate surface area is 143 Å². The number of halogens is 3. The molecule has 0 heterocycles. The molecule has 0 aromatic heterocycles. The summed E-state index contributed by atoms with van der Waals surface area (Å²) in [5, 5.41) is 2.99. The summed E-state index contributed by atoms with van der Waals surface area (Å²) < 4.78 is 2.74. The Balaban J connectivity index is 2.15. The molecule has 20 heavy (non-hydrogen) atoms. The highest BCUT2D eigenvalue weighted by molar-refractivity contribution is 9.11. The van der Waals surface area contributed by atoms with Crippen LogP contribution in [0.25, 0.3) is 0 Å². The van der Waals surface area contributed by atoms with E-state index < -0.39 is 0 Å². The van der Waals surface area contributed by atoms with Crippen LogP contribution in [0.5, 0.6) is 0 Å². The van der Waals surface area contributed by atoms with Gasteiger partial charge in [0.05, 0.1) is 6.04 Å². The lowest BCUT2D eigenvalue weighted by Crippen LogP contribution is -2.26. The largest absolute Gasteiger partial charge is 0.346 e. The lowest BCUT2D eigenvalue weighted by atomic mass is 10.1. The molecule has 2 rings (SSSR count). The van der Waals surface area contributed by atoms with Crippen LogP contribution in [-0.2, 0) is 0 Å². The van der Waals surface area contributed by atoms with E-state index in [0.717, 1.165) is 19.0 Å². The van der Waals surface area contributed by atoms with E-state index in [4.69, 9.17) is 0 Å². The van der Waals surface area contributed by atoms with Gasteiger partial charge in [-0.05, 0) is 42.8 Å². The van der Waals surface area contributed by atoms with Crippen molar-refractivity contribution in [2.75, 3.05) is 0 Å². The van der Waals surface area contributed by atoms with E-state index in [9.17, 15) is 4.79 Å². The standard InChI is InChI=1S/C15H12Br3NO/c1-9(10-3-2-4-12(16)5-10)19-15(20)11-6-13(17)8-14(18)7-11/h2-9H,1H3,(H,19,20). The van der Waals surface area contributed by atoms with Crippen LogP contribution in [0.3, 0.4) is 0 Å². The first-order chi connectivity index (χ1) is 9.45. The summed E-state index contributed by atoms with van der Waals surface area (Å²) in [5.41, 5.74) is 1.68. The van der Waals surface area contributed by atoms with Crippen molar-refractivity contribution >= 4 is 53.7 Å². The van der Waals surface area contributed by atoms with E-state index in [1.807, 2.05) is 37.3 Å². The van der Waals surface area contributed by atoms with E-state index in [-0.39, 0.29) is 11.9 Å². The molecule has 2 aromatic carbocycles. The summed E-state index contributed by atoms with van der Waals surface area (Å²) in [5.74, 6) is -0.0977. The van der Waals surface area contributed by atoms with Crippen molar-refractivity contribution in [1.82, 2.24) is 5.32 Å². The van der Waals surface area contributed by atoms with Gasteiger partial charge in [0.1, 0.15) is 0 Å². The third-order valence-corrected chi connectivity index (χ3v) is 4.23. The summed E-state index contributed by atoms with van der Waals surface area (Å²) in [4.78, 5) is 12.3. The minimum atomic E-state index is -0.0977. The number of carbonyl (C=O) groups excluding carboxylic acids is 1. The van der Waals surface area contributed by atoms with Crippen molar-refractivity contribution in [2.45, 2.75) is 13.0 Å². The van der Waals surface area contributed by atoms with E-state index in [2.05, 4.69) is 53.1 Å². The van der Waals surface area contributed by atoms with Crippen molar-refractivity contribution in [2.24, 2.45) is 0 Å². The molecule has 0 aliphatic rings. The summed E-state index contributed by atoms with van der Waals surface area (Å²) in [6.45, 7) is 1.96. The van der Waals surface area contributed by atoms with Gasteiger partial charge in [-0.25, -0.2) is 0 Å². The zero-order valence-electron chi connectivity index (χ0n) is 10.7. The van der Waals surface area contributed by atoms with E-state index in [0.29, 0.717) is 5.56 Å². The van der Waals surface area contributed by atoms with Crippen LogP contribution in [-0.4, -0.2) is 5.91 Å². The van der Waals surface area contributed by atoms with Crippen molar-refractivity contribution in [3.63, 3.8) is 0 Å². The number of hydrogen-bond acceptors (Lipinski definition) is 1. The van der Waals surface area contributed by atoms with Gasteiger partial charge in [-0.3, -0.25) is 4.79 Å². The smallest absolute Gasteiger partial charge is 0.251 e. The Kier molecular flexibility index (Phi) is 5.41. The molecule has 1 N–H and O–H groups in total. The molecule has 0 radical (unpaired) electrons. The minimum Gasteiger partial charge on any atom is -0.346 e. The average molecular weight is 462 g/mol. The van der Waals surface area contributed by atoms with Crippen molar-refractivity contribution in [3.8, 4) is 0 Å². The molecule has 0 bridgehead atoms. The second-order valence-corrected chi connectivity index (χ2v) is 7.16. The number of benzene rings is 2. The van der Waals surface area contributed by atoms with Gasteiger partial charge in [-0.15, -0.1) is 0 Å². The monoisotopic (exact) mass is 459 g/mol. The average Bonchev–Trinajstić information content (AvgIpc) is 2.37. The molecule has 0 aliphatic heterocycles. The van der Waals surface area contributed by atoms with Crippen LogP contribution >= 0.6 is 47.8 Å².